The molecule has 0 spiro atoms. The Balaban J connectivity index is 1.97. The molecule has 1 amide bonds. The van der Waals surface area contributed by atoms with Crippen molar-refractivity contribution in [3.8, 4) is 0 Å². The molecule has 112 valence electrons. The van der Waals surface area contributed by atoms with Gasteiger partial charge in [-0.1, -0.05) is 42.5 Å². The fraction of sp³-hybridized carbons (Fsp3) is 0.118. The molecule has 1 aromatic carbocycles. The summed E-state index contributed by atoms with van der Waals surface area (Å²) in [5.41, 5.74) is 1.31. The van der Waals surface area contributed by atoms with Crippen molar-refractivity contribution < 1.29 is 14.7 Å². The van der Waals surface area contributed by atoms with Gasteiger partial charge in [-0.2, -0.15) is 0 Å². The highest BCUT2D eigenvalue weighted by Gasteiger charge is 2.19. The second-order valence-electron chi connectivity index (χ2n) is 4.65. The van der Waals surface area contributed by atoms with Crippen LogP contribution >= 0.6 is 0 Å². The highest BCUT2D eigenvalue weighted by atomic mass is 16.4. The number of hydrogen-bond acceptors (Lipinski definition) is 3. The second-order valence-corrected chi connectivity index (χ2v) is 4.65. The third kappa shape index (κ3) is 4.56. The highest BCUT2D eigenvalue weighted by molar-refractivity contribution is 5.96. The van der Waals surface area contributed by atoms with Gasteiger partial charge in [0, 0.05) is 12.4 Å². The summed E-state index contributed by atoms with van der Waals surface area (Å²) in [5, 5.41) is 11.7. The van der Waals surface area contributed by atoms with Crippen molar-refractivity contribution in [2.75, 3.05) is 0 Å². The molecule has 0 unspecified atom stereocenters. The van der Waals surface area contributed by atoms with Gasteiger partial charge in [-0.3, -0.25) is 9.78 Å². The van der Waals surface area contributed by atoms with Gasteiger partial charge < -0.3 is 10.4 Å². The van der Waals surface area contributed by atoms with Gasteiger partial charge in [-0.15, -0.1) is 0 Å². The van der Waals surface area contributed by atoms with Crippen molar-refractivity contribution >= 4 is 18.0 Å². The van der Waals surface area contributed by atoms with Gasteiger partial charge in [0.1, 0.15) is 6.04 Å². The van der Waals surface area contributed by atoms with Gasteiger partial charge in [0.2, 0.25) is 0 Å². The number of carbonyl (C=O) groups is 2. The topological polar surface area (TPSA) is 79.3 Å². The number of aliphatic carboxylic acids is 1. The van der Waals surface area contributed by atoms with E-state index in [1.54, 1.807) is 24.4 Å². The third-order valence-corrected chi connectivity index (χ3v) is 3.01. The zero-order valence-electron chi connectivity index (χ0n) is 11.8. The third-order valence-electron chi connectivity index (χ3n) is 3.01. The van der Waals surface area contributed by atoms with Crippen molar-refractivity contribution in [2.24, 2.45) is 0 Å². The molecule has 5 heteroatoms. The van der Waals surface area contributed by atoms with Crippen molar-refractivity contribution in [3.63, 3.8) is 0 Å². The van der Waals surface area contributed by atoms with E-state index in [0.717, 1.165) is 5.56 Å². The maximum atomic E-state index is 12.0. The Labute approximate surface area is 128 Å². The van der Waals surface area contributed by atoms with Crippen LogP contribution in [0.4, 0.5) is 0 Å². The summed E-state index contributed by atoms with van der Waals surface area (Å²) in [6, 6.07) is 11.8. The molecule has 1 aromatic heterocycles. The number of rotatable bonds is 6. The first kappa shape index (κ1) is 15.4. The number of carboxylic acid groups (broad SMARTS) is 1. The average molecular weight is 296 g/mol. The van der Waals surface area contributed by atoms with Crippen molar-refractivity contribution in [1.82, 2.24) is 10.3 Å². The SMILES string of the molecule is O=C(N[C@H](C/C=C/c1ccccc1)C(=O)O)c1cccnc1. The van der Waals surface area contributed by atoms with Crippen LogP contribution in [0.2, 0.25) is 0 Å². The molecular formula is C17H16N2O3. The van der Waals surface area contributed by atoms with E-state index >= 15 is 0 Å². The van der Waals surface area contributed by atoms with Gasteiger partial charge in [0.25, 0.3) is 5.91 Å². The molecular weight excluding hydrogens is 280 g/mol. The Morgan fingerprint density at radius 1 is 1.18 bits per heavy atom. The largest absolute Gasteiger partial charge is 0.480 e. The lowest BCUT2D eigenvalue weighted by Gasteiger charge is -2.12. The number of nitrogens with zero attached hydrogens (tertiary/aromatic N) is 1. The summed E-state index contributed by atoms with van der Waals surface area (Å²) in [4.78, 5) is 27.0. The number of aromatic nitrogens is 1. The van der Waals surface area contributed by atoms with Crippen LogP contribution in [0, 0.1) is 0 Å². The van der Waals surface area contributed by atoms with Crippen LogP contribution in [0.1, 0.15) is 22.3 Å². The molecule has 0 aliphatic heterocycles. The number of carboxylic acids is 1. The van der Waals surface area contributed by atoms with Crippen LogP contribution in [0.5, 0.6) is 0 Å². The van der Waals surface area contributed by atoms with Crippen LogP contribution in [0.3, 0.4) is 0 Å². The zero-order valence-corrected chi connectivity index (χ0v) is 11.8. The molecule has 1 atom stereocenters. The number of pyridine rings is 1. The van der Waals surface area contributed by atoms with Gasteiger partial charge in [-0.05, 0) is 24.1 Å². The van der Waals surface area contributed by atoms with Gasteiger partial charge >= 0.3 is 5.97 Å². The minimum Gasteiger partial charge on any atom is -0.480 e. The molecule has 0 radical (unpaired) electrons. The monoisotopic (exact) mass is 296 g/mol. The molecule has 0 aliphatic rings. The predicted octanol–water partition coefficient (Wildman–Crippen LogP) is 2.37. The average Bonchev–Trinajstić information content (AvgIpc) is 2.55. The summed E-state index contributed by atoms with van der Waals surface area (Å²) in [5.74, 6) is -1.52. The Bertz CT molecular complexity index is 654. The lowest BCUT2D eigenvalue weighted by Crippen LogP contribution is -2.40. The fourth-order valence-electron chi connectivity index (χ4n) is 1.86. The summed E-state index contributed by atoms with van der Waals surface area (Å²) >= 11 is 0. The normalized spacial score (nSPS) is 12.0. The Kier molecular flexibility index (Phi) is 5.43. The van der Waals surface area contributed by atoms with Crippen LogP contribution in [0.25, 0.3) is 6.08 Å². The standard InChI is InChI=1S/C17H16N2O3/c20-16(14-9-5-11-18-12-14)19-15(17(21)22)10-4-8-13-6-2-1-3-7-13/h1-9,11-12,15H,10H2,(H,19,20)(H,21,22)/b8-4+/t15-/m1/s1. The minimum atomic E-state index is -1.07. The van der Waals surface area contributed by atoms with Crippen molar-refractivity contribution in [1.29, 1.82) is 0 Å². The van der Waals surface area contributed by atoms with Crippen LogP contribution in [-0.4, -0.2) is 28.0 Å². The van der Waals surface area contributed by atoms with E-state index < -0.39 is 17.9 Å². The summed E-state index contributed by atoms with van der Waals surface area (Å²) < 4.78 is 0. The van der Waals surface area contributed by atoms with E-state index in [2.05, 4.69) is 10.3 Å². The molecule has 0 aliphatic carbocycles. The van der Waals surface area contributed by atoms with E-state index in [-0.39, 0.29) is 6.42 Å². The first-order valence-electron chi connectivity index (χ1n) is 6.82. The van der Waals surface area contributed by atoms with Crippen LogP contribution in [0.15, 0.2) is 60.9 Å². The summed E-state index contributed by atoms with van der Waals surface area (Å²) in [7, 11) is 0. The van der Waals surface area contributed by atoms with E-state index in [0.29, 0.717) is 5.56 Å². The Morgan fingerprint density at radius 2 is 1.95 bits per heavy atom. The minimum absolute atomic E-state index is 0.205. The van der Waals surface area contributed by atoms with Crippen LogP contribution < -0.4 is 5.32 Å². The maximum absolute atomic E-state index is 12.0. The van der Waals surface area contributed by atoms with Crippen molar-refractivity contribution in [3.05, 3.63) is 72.1 Å². The Hall–Kier alpha value is -2.95. The van der Waals surface area contributed by atoms with Gasteiger partial charge in [0.05, 0.1) is 5.56 Å². The lowest BCUT2D eigenvalue weighted by molar-refractivity contribution is -0.139. The molecule has 2 N–H and O–H groups in total. The van der Waals surface area contributed by atoms with Gasteiger partial charge in [0.15, 0.2) is 0 Å². The zero-order chi connectivity index (χ0) is 15.8. The molecule has 0 fully saturated rings. The molecule has 22 heavy (non-hydrogen) atoms. The van der Waals surface area contributed by atoms with E-state index in [1.165, 1.54) is 6.20 Å². The number of benzene rings is 1. The molecule has 0 saturated carbocycles. The van der Waals surface area contributed by atoms with Crippen LogP contribution in [-0.2, 0) is 4.79 Å². The lowest BCUT2D eigenvalue weighted by atomic mass is 10.1. The van der Waals surface area contributed by atoms with E-state index in [9.17, 15) is 14.7 Å². The number of carbonyl (C=O) groups excluding carboxylic acids is 1. The van der Waals surface area contributed by atoms with Gasteiger partial charge in [-0.25, -0.2) is 4.79 Å². The quantitative estimate of drug-likeness (QED) is 0.857. The molecule has 2 rings (SSSR count). The molecule has 1 heterocycles. The summed E-state index contributed by atoms with van der Waals surface area (Å²) in [6.45, 7) is 0. The number of hydrogen-bond donors (Lipinski definition) is 2. The maximum Gasteiger partial charge on any atom is 0.326 e. The number of amides is 1. The molecule has 0 saturated heterocycles. The van der Waals surface area contributed by atoms with E-state index in [4.69, 9.17) is 0 Å². The first-order chi connectivity index (χ1) is 10.7. The first-order valence-corrected chi connectivity index (χ1v) is 6.82. The smallest absolute Gasteiger partial charge is 0.326 e. The van der Waals surface area contributed by atoms with E-state index in [1.807, 2.05) is 36.4 Å². The molecule has 5 nitrogen and oxygen atoms in total. The Morgan fingerprint density at radius 3 is 2.59 bits per heavy atom. The second kappa shape index (κ2) is 7.73. The molecule has 2 aromatic rings. The summed E-state index contributed by atoms with van der Waals surface area (Å²) in [6.07, 6.45) is 6.71. The predicted molar refractivity (Wildman–Crippen MR) is 83.2 cm³/mol. The number of nitrogens with one attached hydrogen (secondary N) is 1. The van der Waals surface area contributed by atoms with Crippen molar-refractivity contribution in [2.45, 2.75) is 12.5 Å². The highest BCUT2D eigenvalue weighted by Crippen LogP contribution is 2.05. The fourth-order valence-corrected chi connectivity index (χ4v) is 1.86. The molecule has 0 bridgehead atoms.